The van der Waals surface area contributed by atoms with Gasteiger partial charge in [0.15, 0.2) is 0 Å². The third kappa shape index (κ3) is 3.02. The van der Waals surface area contributed by atoms with Crippen LogP contribution in [0.25, 0.3) is 0 Å². The lowest BCUT2D eigenvalue weighted by atomic mass is 10.1. The first kappa shape index (κ1) is 13.8. The lowest BCUT2D eigenvalue weighted by Crippen LogP contribution is -2.32. The molecule has 0 radical (unpaired) electrons. The van der Waals surface area contributed by atoms with Crippen LogP contribution in [0, 0.1) is 0 Å². The Kier molecular flexibility index (Phi) is 4.59. The highest BCUT2D eigenvalue weighted by Crippen LogP contribution is 2.34. The van der Waals surface area contributed by atoms with Crippen molar-refractivity contribution in [1.29, 1.82) is 0 Å². The molecular formula is C12H17ClN2O2S. The van der Waals surface area contributed by atoms with Crippen molar-refractivity contribution in [2.75, 3.05) is 18.2 Å². The molecule has 0 aliphatic carbocycles. The van der Waals surface area contributed by atoms with Crippen molar-refractivity contribution in [3.63, 3.8) is 0 Å². The molecule has 0 spiro atoms. The molecule has 100 valence electrons. The van der Waals surface area contributed by atoms with Crippen LogP contribution in [0.4, 0.5) is 0 Å². The van der Waals surface area contributed by atoms with Gasteiger partial charge in [-0.2, -0.15) is 4.31 Å². The van der Waals surface area contributed by atoms with Gasteiger partial charge in [-0.05, 0) is 37.0 Å². The van der Waals surface area contributed by atoms with Crippen LogP contribution in [-0.2, 0) is 10.0 Å². The van der Waals surface area contributed by atoms with Crippen LogP contribution < -0.4 is 0 Å². The van der Waals surface area contributed by atoms with E-state index in [4.69, 9.17) is 11.6 Å². The van der Waals surface area contributed by atoms with E-state index in [9.17, 15) is 8.42 Å². The average Bonchev–Trinajstić information content (AvgIpc) is 2.87. The minimum absolute atomic E-state index is 0.0340. The van der Waals surface area contributed by atoms with E-state index in [-0.39, 0.29) is 11.8 Å². The Morgan fingerprint density at radius 3 is 2.78 bits per heavy atom. The SMILES string of the molecule is O=S(=O)(CCCCl)N1CCCC1c1ccncc1. The zero-order valence-corrected chi connectivity index (χ0v) is 11.7. The Morgan fingerprint density at radius 1 is 1.39 bits per heavy atom. The number of rotatable bonds is 5. The van der Waals surface area contributed by atoms with E-state index in [2.05, 4.69) is 4.98 Å². The summed E-state index contributed by atoms with van der Waals surface area (Å²) in [7, 11) is -3.19. The van der Waals surface area contributed by atoms with Crippen molar-refractivity contribution < 1.29 is 8.42 Å². The molecule has 1 aliphatic rings. The summed E-state index contributed by atoms with van der Waals surface area (Å²) < 4.78 is 26.1. The van der Waals surface area contributed by atoms with Crippen molar-refractivity contribution >= 4 is 21.6 Å². The normalized spacial score (nSPS) is 21.3. The highest BCUT2D eigenvalue weighted by molar-refractivity contribution is 7.89. The molecule has 1 aromatic heterocycles. The van der Waals surface area contributed by atoms with Crippen LogP contribution >= 0.6 is 11.6 Å². The lowest BCUT2D eigenvalue weighted by molar-refractivity contribution is 0.396. The summed E-state index contributed by atoms with van der Waals surface area (Å²) in [6.07, 6.45) is 5.70. The van der Waals surface area contributed by atoms with Gasteiger partial charge >= 0.3 is 0 Å². The Labute approximate surface area is 113 Å². The second kappa shape index (κ2) is 5.99. The first-order chi connectivity index (χ1) is 8.65. The summed E-state index contributed by atoms with van der Waals surface area (Å²) in [5.74, 6) is 0.519. The van der Waals surface area contributed by atoms with E-state index >= 15 is 0 Å². The molecule has 18 heavy (non-hydrogen) atoms. The Bertz CT molecular complexity index is 478. The first-order valence-corrected chi connectivity index (χ1v) is 8.25. The Hall–Kier alpha value is -0.650. The molecule has 4 nitrogen and oxygen atoms in total. The number of aromatic nitrogens is 1. The van der Waals surface area contributed by atoms with Gasteiger partial charge in [-0.15, -0.1) is 11.6 Å². The van der Waals surface area contributed by atoms with Crippen molar-refractivity contribution in [3.05, 3.63) is 30.1 Å². The number of alkyl halides is 1. The predicted molar refractivity (Wildman–Crippen MR) is 72.0 cm³/mol. The molecule has 0 saturated carbocycles. The molecule has 1 aliphatic heterocycles. The van der Waals surface area contributed by atoms with Gasteiger partial charge in [-0.25, -0.2) is 8.42 Å². The monoisotopic (exact) mass is 288 g/mol. The number of halogens is 1. The highest BCUT2D eigenvalue weighted by Gasteiger charge is 2.34. The number of hydrogen-bond acceptors (Lipinski definition) is 3. The number of nitrogens with zero attached hydrogens (tertiary/aromatic N) is 2. The van der Waals surface area contributed by atoms with Crippen molar-refractivity contribution in [1.82, 2.24) is 9.29 Å². The van der Waals surface area contributed by atoms with Crippen molar-refractivity contribution in [2.45, 2.75) is 25.3 Å². The Balaban J connectivity index is 2.18. The van der Waals surface area contributed by atoms with Gasteiger partial charge in [0.25, 0.3) is 0 Å². The van der Waals surface area contributed by atoms with Crippen LogP contribution in [0.15, 0.2) is 24.5 Å². The fraction of sp³-hybridized carbons (Fsp3) is 0.583. The third-order valence-corrected chi connectivity index (χ3v) is 5.41. The summed E-state index contributed by atoms with van der Waals surface area (Å²) in [4.78, 5) is 3.97. The van der Waals surface area contributed by atoms with Gasteiger partial charge < -0.3 is 0 Å². The smallest absolute Gasteiger partial charge is 0.214 e. The molecule has 6 heteroatoms. The maximum atomic E-state index is 12.2. The molecule has 1 unspecified atom stereocenters. The number of pyridine rings is 1. The van der Waals surface area contributed by atoms with E-state index < -0.39 is 10.0 Å². The maximum Gasteiger partial charge on any atom is 0.214 e. The minimum Gasteiger partial charge on any atom is -0.265 e. The highest BCUT2D eigenvalue weighted by atomic mass is 35.5. The summed E-state index contributed by atoms with van der Waals surface area (Å²) in [6.45, 7) is 0.609. The maximum absolute atomic E-state index is 12.2. The standard InChI is InChI=1S/C12H17ClN2O2S/c13-6-2-10-18(16,17)15-9-1-3-12(15)11-4-7-14-8-5-11/h4-5,7-8,12H,1-3,6,9-10H2. The average molecular weight is 289 g/mol. The zero-order valence-electron chi connectivity index (χ0n) is 10.1. The quantitative estimate of drug-likeness (QED) is 0.780. The van der Waals surface area contributed by atoms with E-state index in [0.717, 1.165) is 18.4 Å². The van der Waals surface area contributed by atoms with Crippen LogP contribution in [-0.4, -0.2) is 35.9 Å². The molecule has 2 rings (SSSR count). The molecule has 1 atom stereocenters. The van der Waals surface area contributed by atoms with Crippen molar-refractivity contribution in [3.8, 4) is 0 Å². The number of hydrogen-bond donors (Lipinski definition) is 0. The largest absolute Gasteiger partial charge is 0.265 e. The van der Waals surface area contributed by atoms with Gasteiger partial charge in [0.05, 0.1) is 5.75 Å². The first-order valence-electron chi connectivity index (χ1n) is 6.10. The van der Waals surface area contributed by atoms with Gasteiger partial charge in [0.2, 0.25) is 10.0 Å². The van der Waals surface area contributed by atoms with Crippen LogP contribution in [0.3, 0.4) is 0 Å². The summed E-state index contributed by atoms with van der Waals surface area (Å²) in [5.41, 5.74) is 1.02. The van der Waals surface area contributed by atoms with Gasteiger partial charge in [-0.3, -0.25) is 4.98 Å². The van der Waals surface area contributed by atoms with Crippen LogP contribution in [0.1, 0.15) is 30.9 Å². The second-order valence-electron chi connectivity index (χ2n) is 4.41. The van der Waals surface area contributed by atoms with Gasteiger partial charge in [0.1, 0.15) is 0 Å². The summed E-state index contributed by atoms with van der Waals surface area (Å²) in [5, 5.41) is 0. The fourth-order valence-electron chi connectivity index (χ4n) is 2.35. The van der Waals surface area contributed by atoms with E-state index in [0.29, 0.717) is 18.8 Å². The van der Waals surface area contributed by atoms with E-state index in [1.54, 1.807) is 16.7 Å². The van der Waals surface area contributed by atoms with Crippen LogP contribution in [0.5, 0.6) is 0 Å². The van der Waals surface area contributed by atoms with Gasteiger partial charge in [0, 0.05) is 30.9 Å². The topological polar surface area (TPSA) is 50.3 Å². The fourth-order valence-corrected chi connectivity index (χ4v) is 4.40. The van der Waals surface area contributed by atoms with Gasteiger partial charge in [-0.1, -0.05) is 0 Å². The number of sulfonamides is 1. The predicted octanol–water partition coefficient (Wildman–Crippen LogP) is 2.18. The molecule has 0 N–H and O–H groups in total. The lowest BCUT2D eigenvalue weighted by Gasteiger charge is -2.24. The molecule has 1 saturated heterocycles. The molecule has 0 amide bonds. The van der Waals surface area contributed by atoms with E-state index in [1.165, 1.54) is 0 Å². The van der Waals surface area contributed by atoms with Crippen molar-refractivity contribution in [2.24, 2.45) is 0 Å². The third-order valence-electron chi connectivity index (χ3n) is 3.19. The molecule has 2 heterocycles. The van der Waals surface area contributed by atoms with Crippen LogP contribution in [0.2, 0.25) is 0 Å². The molecular weight excluding hydrogens is 272 g/mol. The zero-order chi connectivity index (χ0) is 13.0. The molecule has 0 bridgehead atoms. The summed E-state index contributed by atoms with van der Waals surface area (Å²) in [6, 6.07) is 3.74. The molecule has 1 aromatic rings. The van der Waals surface area contributed by atoms with E-state index in [1.807, 2.05) is 12.1 Å². The Morgan fingerprint density at radius 2 is 2.11 bits per heavy atom. The molecule has 0 aromatic carbocycles. The second-order valence-corrected chi connectivity index (χ2v) is 6.83. The summed E-state index contributed by atoms with van der Waals surface area (Å²) >= 11 is 5.58. The molecule has 1 fully saturated rings. The minimum atomic E-state index is -3.19.